The van der Waals surface area contributed by atoms with Gasteiger partial charge in [0.05, 0.1) is 19.8 Å². The minimum absolute atomic E-state index is 0.101. The van der Waals surface area contributed by atoms with E-state index in [1.54, 1.807) is 43.6 Å². The Morgan fingerprint density at radius 1 is 1.24 bits per heavy atom. The van der Waals surface area contributed by atoms with Crippen LogP contribution in [0.2, 0.25) is 0 Å². The Balaban J connectivity index is 1.80. The van der Waals surface area contributed by atoms with Crippen LogP contribution in [0.5, 0.6) is 11.6 Å². The number of aliphatic hydroxyl groups excluding tert-OH is 1. The Labute approximate surface area is 147 Å². The average molecular weight is 345 g/mol. The number of hydrogen-bond acceptors (Lipinski definition) is 5. The Kier molecular flexibility index (Phi) is 7.03. The molecule has 0 aliphatic heterocycles. The Morgan fingerprint density at radius 2 is 2.00 bits per heavy atom. The van der Waals surface area contributed by atoms with E-state index in [-0.39, 0.29) is 19.1 Å². The lowest BCUT2D eigenvalue weighted by Crippen LogP contribution is -2.37. The third-order valence-electron chi connectivity index (χ3n) is 3.53. The van der Waals surface area contributed by atoms with Crippen LogP contribution in [0.15, 0.2) is 42.6 Å². The van der Waals surface area contributed by atoms with Crippen molar-refractivity contribution in [2.24, 2.45) is 0 Å². The number of aromatic nitrogens is 1. The number of pyridine rings is 1. The Bertz CT molecular complexity index is 676. The van der Waals surface area contributed by atoms with E-state index in [2.05, 4.69) is 15.6 Å². The molecule has 0 radical (unpaired) electrons. The van der Waals surface area contributed by atoms with Gasteiger partial charge in [-0.1, -0.05) is 18.2 Å². The van der Waals surface area contributed by atoms with Crippen molar-refractivity contribution < 1.29 is 19.4 Å². The number of amides is 2. The van der Waals surface area contributed by atoms with Gasteiger partial charge in [-0.05, 0) is 30.7 Å². The summed E-state index contributed by atoms with van der Waals surface area (Å²) < 4.78 is 10.5. The highest BCUT2D eigenvalue weighted by atomic mass is 16.5. The zero-order valence-corrected chi connectivity index (χ0v) is 14.4. The lowest BCUT2D eigenvalue weighted by Gasteiger charge is -2.14. The minimum atomic E-state index is -0.797. The molecule has 1 heterocycles. The van der Waals surface area contributed by atoms with Gasteiger partial charge < -0.3 is 25.2 Å². The maximum atomic E-state index is 11.9. The molecule has 3 N–H and O–H groups in total. The summed E-state index contributed by atoms with van der Waals surface area (Å²) >= 11 is 0. The topological polar surface area (TPSA) is 92.7 Å². The van der Waals surface area contributed by atoms with Crippen LogP contribution >= 0.6 is 0 Å². The Hall–Kier alpha value is -2.80. The monoisotopic (exact) mass is 345 g/mol. The lowest BCUT2D eigenvalue weighted by molar-refractivity contribution is 0.173. The summed E-state index contributed by atoms with van der Waals surface area (Å²) in [5.74, 6) is 1.21. The van der Waals surface area contributed by atoms with Crippen LogP contribution in [-0.2, 0) is 6.54 Å². The molecule has 2 rings (SSSR count). The summed E-state index contributed by atoms with van der Waals surface area (Å²) in [6.07, 6.45) is 0.841. The van der Waals surface area contributed by atoms with Crippen LogP contribution in [0.25, 0.3) is 0 Å². The molecule has 0 spiro atoms. The number of nitrogens with one attached hydrogen (secondary N) is 2. The molecule has 1 aromatic carbocycles. The summed E-state index contributed by atoms with van der Waals surface area (Å²) in [5, 5.41) is 15.5. The predicted molar refractivity (Wildman–Crippen MR) is 93.6 cm³/mol. The van der Waals surface area contributed by atoms with Gasteiger partial charge in [0.25, 0.3) is 0 Å². The van der Waals surface area contributed by atoms with Crippen molar-refractivity contribution >= 4 is 6.03 Å². The maximum Gasteiger partial charge on any atom is 0.315 e. The molecule has 1 aromatic heterocycles. The zero-order chi connectivity index (χ0) is 18.1. The highest BCUT2D eigenvalue weighted by Gasteiger charge is 2.10. The van der Waals surface area contributed by atoms with Gasteiger partial charge in [0.1, 0.15) is 5.75 Å². The maximum absolute atomic E-state index is 11.9. The molecule has 0 bridgehead atoms. The minimum Gasteiger partial charge on any atom is -0.497 e. The first kappa shape index (κ1) is 18.5. The first-order chi connectivity index (χ1) is 12.1. The first-order valence-corrected chi connectivity index (χ1v) is 8.04. The summed E-state index contributed by atoms with van der Waals surface area (Å²) in [6.45, 7) is 2.76. The van der Waals surface area contributed by atoms with E-state index in [1.165, 1.54) is 0 Å². The summed E-state index contributed by atoms with van der Waals surface area (Å²) in [7, 11) is 1.58. The molecule has 0 unspecified atom stereocenters. The number of carbonyl (C=O) groups is 1. The van der Waals surface area contributed by atoms with Gasteiger partial charge in [0, 0.05) is 24.8 Å². The van der Waals surface area contributed by atoms with Crippen LogP contribution < -0.4 is 20.1 Å². The summed E-state index contributed by atoms with van der Waals surface area (Å²) in [4.78, 5) is 16.0. The number of urea groups is 1. The highest BCUT2D eigenvalue weighted by molar-refractivity contribution is 5.73. The normalized spacial score (nSPS) is 11.5. The van der Waals surface area contributed by atoms with Crippen molar-refractivity contribution in [1.82, 2.24) is 15.6 Å². The SMILES string of the molecule is CCOc1ncccc1CNC(=O)NC[C@@H](O)c1ccc(OC)cc1. The number of carbonyl (C=O) groups excluding carboxylic acids is 1. The van der Waals surface area contributed by atoms with Crippen molar-refractivity contribution in [2.45, 2.75) is 19.6 Å². The lowest BCUT2D eigenvalue weighted by atomic mass is 10.1. The van der Waals surface area contributed by atoms with Crippen LogP contribution in [-0.4, -0.2) is 36.4 Å². The average Bonchev–Trinajstić information content (AvgIpc) is 2.65. The largest absolute Gasteiger partial charge is 0.497 e. The molecule has 0 aliphatic rings. The van der Waals surface area contributed by atoms with Crippen LogP contribution in [0.4, 0.5) is 4.79 Å². The molecule has 7 heteroatoms. The molecule has 1 atom stereocenters. The summed E-state index contributed by atoms with van der Waals surface area (Å²) in [5.41, 5.74) is 1.49. The fraction of sp³-hybridized carbons (Fsp3) is 0.333. The third-order valence-corrected chi connectivity index (χ3v) is 3.53. The second-order valence-corrected chi connectivity index (χ2v) is 5.25. The molecule has 2 aromatic rings. The number of benzene rings is 1. The van der Waals surface area contributed by atoms with Crippen molar-refractivity contribution in [1.29, 1.82) is 0 Å². The molecule has 2 amide bonds. The van der Waals surface area contributed by atoms with Crippen molar-refractivity contribution in [3.63, 3.8) is 0 Å². The van der Waals surface area contributed by atoms with Crippen LogP contribution in [0.3, 0.4) is 0 Å². The highest BCUT2D eigenvalue weighted by Crippen LogP contribution is 2.17. The zero-order valence-electron chi connectivity index (χ0n) is 14.4. The van der Waals surface area contributed by atoms with Gasteiger partial charge in [-0.2, -0.15) is 0 Å². The van der Waals surface area contributed by atoms with E-state index in [0.717, 1.165) is 5.56 Å². The fourth-order valence-electron chi connectivity index (χ4n) is 2.20. The molecule has 7 nitrogen and oxygen atoms in total. The second-order valence-electron chi connectivity index (χ2n) is 5.25. The van der Waals surface area contributed by atoms with E-state index < -0.39 is 6.10 Å². The van der Waals surface area contributed by atoms with Crippen LogP contribution in [0.1, 0.15) is 24.2 Å². The van der Waals surface area contributed by atoms with E-state index in [4.69, 9.17) is 9.47 Å². The number of ether oxygens (including phenoxy) is 2. The molecular formula is C18H23N3O4. The van der Waals surface area contributed by atoms with Crippen molar-refractivity contribution in [3.8, 4) is 11.6 Å². The molecule has 0 saturated carbocycles. The van der Waals surface area contributed by atoms with Gasteiger partial charge in [-0.25, -0.2) is 9.78 Å². The number of aliphatic hydroxyl groups is 1. The standard InChI is InChI=1S/C18H23N3O4/c1-3-25-17-14(5-4-10-19-17)11-20-18(23)21-12-16(22)13-6-8-15(24-2)9-7-13/h4-10,16,22H,3,11-12H2,1-2H3,(H2,20,21,23)/t16-/m1/s1. The molecule has 0 saturated heterocycles. The molecule has 0 fully saturated rings. The Morgan fingerprint density at radius 3 is 2.68 bits per heavy atom. The third kappa shape index (κ3) is 5.65. The molecule has 25 heavy (non-hydrogen) atoms. The van der Waals surface area contributed by atoms with Gasteiger partial charge >= 0.3 is 6.03 Å². The number of nitrogens with zero attached hydrogens (tertiary/aromatic N) is 1. The van der Waals surface area contributed by atoms with Crippen molar-refractivity contribution in [2.75, 3.05) is 20.3 Å². The van der Waals surface area contributed by atoms with E-state index in [0.29, 0.717) is 23.8 Å². The second kappa shape index (κ2) is 9.48. The predicted octanol–water partition coefficient (Wildman–Crippen LogP) is 2.02. The number of rotatable bonds is 8. The van der Waals surface area contributed by atoms with Gasteiger partial charge in [-0.15, -0.1) is 0 Å². The number of methoxy groups -OCH3 is 1. The first-order valence-electron chi connectivity index (χ1n) is 8.04. The molecule has 0 aliphatic carbocycles. The van der Waals surface area contributed by atoms with E-state index in [9.17, 15) is 9.90 Å². The van der Waals surface area contributed by atoms with Gasteiger partial charge in [-0.3, -0.25) is 0 Å². The fourth-order valence-corrected chi connectivity index (χ4v) is 2.20. The number of hydrogen-bond donors (Lipinski definition) is 3. The van der Waals surface area contributed by atoms with Gasteiger partial charge in [0.15, 0.2) is 0 Å². The van der Waals surface area contributed by atoms with Gasteiger partial charge in [0.2, 0.25) is 5.88 Å². The molecule has 134 valence electrons. The van der Waals surface area contributed by atoms with E-state index >= 15 is 0 Å². The van der Waals surface area contributed by atoms with E-state index in [1.807, 2.05) is 13.0 Å². The summed E-state index contributed by atoms with van der Waals surface area (Å²) in [6, 6.07) is 10.3. The smallest absolute Gasteiger partial charge is 0.315 e. The van der Waals surface area contributed by atoms with Crippen molar-refractivity contribution in [3.05, 3.63) is 53.7 Å². The van der Waals surface area contributed by atoms with Crippen LogP contribution in [0, 0.1) is 0 Å². The quantitative estimate of drug-likeness (QED) is 0.681. The molecular weight excluding hydrogens is 322 g/mol.